The number of anilines is 1. The van der Waals surface area contributed by atoms with E-state index in [1.54, 1.807) is 0 Å². The van der Waals surface area contributed by atoms with Gasteiger partial charge in [0, 0.05) is 20.8 Å². The molecular formula is C23H32FN5O18P2. The van der Waals surface area contributed by atoms with E-state index in [2.05, 4.69) is 24.0 Å². The van der Waals surface area contributed by atoms with Crippen molar-refractivity contribution in [2.45, 2.75) is 82.2 Å². The van der Waals surface area contributed by atoms with Crippen molar-refractivity contribution in [3.8, 4) is 0 Å². The number of aliphatic hydroxyl groups is 3. The number of carbonyl (C=O) groups is 3. The molecular weight excluding hydrogens is 715 g/mol. The minimum absolute atomic E-state index is 0.00333. The highest BCUT2D eigenvalue weighted by atomic mass is 31.3. The zero-order valence-corrected chi connectivity index (χ0v) is 27.3. The Bertz CT molecular complexity index is 1630. The molecule has 2 fully saturated rings. The van der Waals surface area contributed by atoms with Gasteiger partial charge in [-0.15, -0.1) is 0 Å². The molecule has 4 heterocycles. The van der Waals surface area contributed by atoms with Crippen LogP contribution in [0, 0.1) is 0 Å². The number of hydrogen-bond acceptors (Lipinski definition) is 20. The summed E-state index contributed by atoms with van der Waals surface area (Å²) in [6.07, 6.45) is -17.3. The molecule has 0 aliphatic carbocycles. The van der Waals surface area contributed by atoms with Crippen LogP contribution in [0.2, 0.25) is 0 Å². The highest BCUT2D eigenvalue weighted by Crippen LogP contribution is 2.61. The molecule has 12 atom stereocenters. The van der Waals surface area contributed by atoms with Gasteiger partial charge in [-0.1, -0.05) is 0 Å². The van der Waals surface area contributed by atoms with Crippen LogP contribution < -0.4 is 5.73 Å². The second kappa shape index (κ2) is 15.3. The quantitative estimate of drug-likeness (QED) is 0.0742. The second-order valence-electron chi connectivity index (χ2n) is 10.5. The van der Waals surface area contributed by atoms with E-state index in [-0.39, 0.29) is 17.0 Å². The van der Waals surface area contributed by atoms with Gasteiger partial charge >= 0.3 is 33.6 Å². The number of ether oxygens (including phenoxy) is 5. The van der Waals surface area contributed by atoms with Crippen molar-refractivity contribution in [1.29, 1.82) is 0 Å². The molecule has 0 spiro atoms. The van der Waals surface area contributed by atoms with Gasteiger partial charge in [0.15, 0.2) is 36.1 Å². The van der Waals surface area contributed by atoms with Crippen LogP contribution in [0.1, 0.15) is 27.0 Å². The Morgan fingerprint density at radius 2 is 1.61 bits per heavy atom. The number of halogens is 1. The maximum atomic E-state index is 15.0. The molecule has 26 heteroatoms. The molecule has 0 saturated carbocycles. The molecule has 0 radical (unpaired) electrons. The molecule has 4 rings (SSSR count). The number of rotatable bonds is 13. The predicted octanol–water partition coefficient (Wildman–Crippen LogP) is -1.87. The number of imidazole rings is 1. The average Bonchev–Trinajstić information content (AvgIpc) is 3.54. The SMILES string of the molecule is CC(=O)OC[C@H](F)C1O[C@@H](OP(=O)(O)OP(=O)(O)OC[C@H]2O[C@@H](n3cnc4c(N)ncnc43)C(O)C2O)C(OC(C)=O)C(OC(C)=O)[C@@H]1O. The summed E-state index contributed by atoms with van der Waals surface area (Å²) in [4.78, 5) is 67.0. The first-order valence-corrected chi connectivity index (χ1v) is 16.9. The monoisotopic (exact) mass is 747 g/mol. The minimum Gasteiger partial charge on any atom is -0.463 e. The molecule has 2 saturated heterocycles. The number of phosphoric acid groups is 2. The predicted molar refractivity (Wildman–Crippen MR) is 151 cm³/mol. The van der Waals surface area contributed by atoms with Gasteiger partial charge in [0.1, 0.15) is 49.0 Å². The standard InChI is InChI=1S/C23H32FN5O18P2/c1-8(30)40-4-11(24)17-16(35)18(42-9(2)31)19(43-10(3)32)23(45-17)46-49(38,39)47-48(36,37)41-5-12-14(33)15(34)22(44-12)29-7-28-13-20(25)26-6-27-21(13)29/h6-7,11-12,14-19,22-23,33-35H,4-5H2,1-3H3,(H,36,37)(H,38,39)(H2,25,26,27)/t11-,12+,14?,15?,16+,17?,18?,19?,22+,23-/m0/s1. The number of aromatic nitrogens is 4. The molecule has 2 aliphatic rings. The second-order valence-corrected chi connectivity index (χ2v) is 13.5. The first-order valence-electron chi connectivity index (χ1n) is 13.9. The lowest BCUT2D eigenvalue weighted by atomic mass is 9.95. The van der Waals surface area contributed by atoms with Crippen molar-refractivity contribution in [3.63, 3.8) is 0 Å². The van der Waals surface area contributed by atoms with Gasteiger partial charge < -0.3 is 54.5 Å². The van der Waals surface area contributed by atoms with Crippen LogP contribution in [-0.2, 0) is 60.6 Å². The van der Waals surface area contributed by atoms with E-state index in [0.717, 1.165) is 27.1 Å². The maximum absolute atomic E-state index is 15.0. The van der Waals surface area contributed by atoms with E-state index in [4.69, 9.17) is 33.7 Å². The lowest BCUT2D eigenvalue weighted by Gasteiger charge is -2.43. The number of phosphoric ester groups is 2. The van der Waals surface area contributed by atoms with Crippen molar-refractivity contribution in [1.82, 2.24) is 19.5 Å². The van der Waals surface area contributed by atoms with Gasteiger partial charge in [-0.3, -0.25) is 28.0 Å². The van der Waals surface area contributed by atoms with Crippen LogP contribution in [0.4, 0.5) is 10.2 Å². The summed E-state index contributed by atoms with van der Waals surface area (Å²) < 4.78 is 80.6. The third-order valence-corrected chi connectivity index (χ3v) is 9.41. The van der Waals surface area contributed by atoms with Crippen molar-refractivity contribution in [2.24, 2.45) is 0 Å². The van der Waals surface area contributed by atoms with Gasteiger partial charge in [0.05, 0.1) is 12.9 Å². The van der Waals surface area contributed by atoms with Crippen LogP contribution in [0.5, 0.6) is 0 Å². The number of hydrogen-bond donors (Lipinski definition) is 6. The Balaban J connectivity index is 1.47. The summed E-state index contributed by atoms with van der Waals surface area (Å²) in [6, 6.07) is 0. The molecule has 2 aliphatic heterocycles. The van der Waals surface area contributed by atoms with E-state index in [1.165, 1.54) is 10.9 Å². The molecule has 23 nitrogen and oxygen atoms in total. The smallest absolute Gasteiger partial charge is 0.463 e. The van der Waals surface area contributed by atoms with Crippen LogP contribution in [0.15, 0.2) is 12.7 Å². The van der Waals surface area contributed by atoms with Crippen LogP contribution in [0.25, 0.3) is 11.2 Å². The number of esters is 3. The van der Waals surface area contributed by atoms with Crippen molar-refractivity contribution in [2.75, 3.05) is 18.9 Å². The number of aliphatic hydroxyl groups excluding tert-OH is 3. The zero-order chi connectivity index (χ0) is 36.4. The Hall–Kier alpha value is -3.25. The third kappa shape index (κ3) is 9.31. The molecule has 0 aromatic carbocycles. The first kappa shape index (κ1) is 38.6. The minimum atomic E-state index is -5.88. The number of nitrogen functional groups attached to an aromatic ring is 1. The van der Waals surface area contributed by atoms with Gasteiger partial charge in [0.2, 0.25) is 6.29 Å². The van der Waals surface area contributed by atoms with Crippen LogP contribution in [-0.4, -0.2) is 131 Å². The number of fused-ring (bicyclic) bond motifs is 1. The molecule has 2 aromatic heterocycles. The van der Waals surface area contributed by atoms with Crippen molar-refractivity contribution in [3.05, 3.63) is 12.7 Å². The van der Waals surface area contributed by atoms with Crippen LogP contribution in [0.3, 0.4) is 0 Å². The van der Waals surface area contributed by atoms with E-state index in [0.29, 0.717) is 0 Å². The normalized spacial score (nSPS) is 31.7. The Morgan fingerprint density at radius 3 is 2.24 bits per heavy atom. The molecule has 7 N–H and O–H groups in total. The van der Waals surface area contributed by atoms with E-state index in [1.807, 2.05) is 0 Å². The molecule has 2 aromatic rings. The van der Waals surface area contributed by atoms with Gasteiger partial charge in [-0.2, -0.15) is 4.31 Å². The fourth-order valence-electron chi connectivity index (χ4n) is 4.79. The van der Waals surface area contributed by atoms with Crippen molar-refractivity contribution < 1.29 is 90.1 Å². The summed E-state index contributed by atoms with van der Waals surface area (Å²) in [6.45, 7) is 0.577. The first-order chi connectivity index (χ1) is 22.8. The fourth-order valence-corrected chi connectivity index (χ4v) is 6.95. The summed E-state index contributed by atoms with van der Waals surface area (Å²) in [5.74, 6) is -3.17. The van der Waals surface area contributed by atoms with Crippen molar-refractivity contribution >= 4 is 50.5 Å². The fraction of sp³-hybridized carbons (Fsp3) is 0.652. The molecule has 274 valence electrons. The lowest BCUT2D eigenvalue weighted by molar-refractivity contribution is -0.293. The van der Waals surface area contributed by atoms with Gasteiger partial charge in [-0.25, -0.2) is 28.5 Å². The Morgan fingerprint density at radius 1 is 0.959 bits per heavy atom. The average molecular weight is 747 g/mol. The summed E-state index contributed by atoms with van der Waals surface area (Å²) in [7, 11) is -11.5. The topological polar surface area (TPSA) is 330 Å². The number of nitrogens with zero attached hydrogens (tertiary/aromatic N) is 4. The molecule has 0 bridgehead atoms. The van der Waals surface area contributed by atoms with Gasteiger partial charge in [-0.05, 0) is 0 Å². The number of alkyl halides is 1. The molecule has 0 amide bonds. The van der Waals surface area contributed by atoms with Gasteiger partial charge in [0.25, 0.3) is 0 Å². The highest BCUT2D eigenvalue weighted by molar-refractivity contribution is 7.61. The van der Waals surface area contributed by atoms with Crippen LogP contribution >= 0.6 is 15.6 Å². The largest absolute Gasteiger partial charge is 0.483 e. The maximum Gasteiger partial charge on any atom is 0.483 e. The van der Waals surface area contributed by atoms with E-state index < -0.39 is 108 Å². The molecule has 7 unspecified atom stereocenters. The number of nitrogens with two attached hydrogens (primary N) is 1. The summed E-state index contributed by atoms with van der Waals surface area (Å²) >= 11 is 0. The van der Waals surface area contributed by atoms with E-state index in [9.17, 15) is 53.0 Å². The lowest BCUT2D eigenvalue weighted by Crippen LogP contribution is -2.63. The summed E-state index contributed by atoms with van der Waals surface area (Å²) in [5, 5.41) is 31.7. The Labute approximate surface area is 274 Å². The molecule has 49 heavy (non-hydrogen) atoms. The number of carbonyl (C=O) groups excluding carboxylic acids is 3. The third-order valence-electron chi connectivity index (χ3n) is 6.81. The van der Waals surface area contributed by atoms with E-state index >= 15 is 0 Å². The zero-order valence-electron chi connectivity index (χ0n) is 25.5. The Kier molecular flexibility index (Phi) is 12.1. The summed E-state index contributed by atoms with van der Waals surface area (Å²) in [5.41, 5.74) is 5.99. The highest BCUT2D eigenvalue weighted by Gasteiger charge is 2.55.